The Balaban J connectivity index is 0.000000937. The molecule has 38 heavy (non-hydrogen) atoms. The van der Waals surface area contributed by atoms with Crippen molar-refractivity contribution >= 4 is 33.5 Å². The molecule has 0 amide bonds. The van der Waals surface area contributed by atoms with Crippen LogP contribution in [0.3, 0.4) is 0 Å². The predicted octanol–water partition coefficient (Wildman–Crippen LogP) is 6.74. The lowest BCUT2D eigenvalue weighted by Crippen LogP contribution is -2.30. The maximum atomic E-state index is 4.63. The second kappa shape index (κ2) is 11.4. The third-order valence-corrected chi connectivity index (χ3v) is 6.72. The number of nitrogens with zero attached hydrogens (tertiary/aromatic N) is 2. The molecule has 5 aromatic rings. The van der Waals surface area contributed by atoms with Crippen LogP contribution in [0.25, 0.3) is 44.2 Å². The van der Waals surface area contributed by atoms with E-state index in [4.69, 9.17) is 0 Å². The summed E-state index contributed by atoms with van der Waals surface area (Å²) < 4.78 is 0. The summed E-state index contributed by atoms with van der Waals surface area (Å²) in [6.45, 7) is 6.13. The number of aromatic nitrogens is 2. The van der Waals surface area contributed by atoms with Gasteiger partial charge in [-0.05, 0) is 35.7 Å². The standard InChI is InChI=1S/C29H28N6.C3H8/c1-30-28(31-2)21-10-11-23-24(17-34-27(23)16-21)18-4-6-19(7-5-18)25-14-20-8-9-22(15-26(20)35-25)29-32-12-3-13-33-29;1-3-2/h4-11,14-17,34-35H,3,12-13H2,1-2H3,(H,30,31)(H,32,33);3H2,1-2H3. The quantitative estimate of drug-likeness (QED) is 0.162. The van der Waals surface area contributed by atoms with E-state index in [0.29, 0.717) is 0 Å². The molecule has 6 heteroatoms. The Kier molecular flexibility index (Phi) is 7.59. The van der Waals surface area contributed by atoms with Crippen LogP contribution < -0.4 is 10.6 Å². The van der Waals surface area contributed by atoms with Gasteiger partial charge in [0, 0.05) is 77.6 Å². The van der Waals surface area contributed by atoms with E-state index in [1.54, 1.807) is 7.05 Å². The lowest BCUT2D eigenvalue weighted by atomic mass is 10.0. The second-order valence-electron chi connectivity index (χ2n) is 9.57. The SMILES string of the molecule is CCC.CN=C(NC)c1ccc2c(-c3ccc(-c4cc5ccc(C6=NCCCN6)cc5[nH]4)cc3)c[nH]c2c1. The average Bonchev–Trinajstić information content (AvgIpc) is 3.58. The molecule has 0 bridgehead atoms. The number of fused-ring (bicyclic) bond motifs is 2. The molecule has 1 aliphatic heterocycles. The van der Waals surface area contributed by atoms with Crippen molar-refractivity contribution in [1.29, 1.82) is 0 Å². The van der Waals surface area contributed by atoms with Crippen molar-refractivity contribution in [3.8, 4) is 22.4 Å². The molecule has 1 aliphatic rings. The zero-order chi connectivity index (χ0) is 26.5. The van der Waals surface area contributed by atoms with Crippen molar-refractivity contribution < 1.29 is 0 Å². The summed E-state index contributed by atoms with van der Waals surface area (Å²) in [5.74, 6) is 1.87. The molecule has 0 spiro atoms. The number of amidine groups is 2. The molecule has 0 saturated carbocycles. The highest BCUT2D eigenvalue weighted by Crippen LogP contribution is 2.32. The Hall–Kier alpha value is -4.32. The van der Waals surface area contributed by atoms with Gasteiger partial charge < -0.3 is 20.6 Å². The van der Waals surface area contributed by atoms with E-state index in [1.807, 2.05) is 7.05 Å². The fourth-order valence-electron chi connectivity index (χ4n) is 4.88. The van der Waals surface area contributed by atoms with Gasteiger partial charge in [0.2, 0.25) is 0 Å². The van der Waals surface area contributed by atoms with Crippen molar-refractivity contribution in [2.75, 3.05) is 27.2 Å². The summed E-state index contributed by atoms with van der Waals surface area (Å²) in [6.07, 6.45) is 4.43. The van der Waals surface area contributed by atoms with Crippen molar-refractivity contribution in [1.82, 2.24) is 20.6 Å². The highest BCUT2D eigenvalue weighted by molar-refractivity contribution is 6.04. The van der Waals surface area contributed by atoms with Gasteiger partial charge in [0.15, 0.2) is 0 Å². The largest absolute Gasteiger partial charge is 0.373 e. The third kappa shape index (κ3) is 5.07. The lowest BCUT2D eigenvalue weighted by Gasteiger charge is -2.14. The molecular formula is C32H36N6. The van der Waals surface area contributed by atoms with Gasteiger partial charge in [0.05, 0.1) is 0 Å². The smallest absolute Gasteiger partial charge is 0.128 e. The summed E-state index contributed by atoms with van der Waals surface area (Å²) in [7, 11) is 3.69. The number of rotatable bonds is 4. The Morgan fingerprint density at radius 3 is 2.39 bits per heavy atom. The lowest BCUT2D eigenvalue weighted by molar-refractivity contribution is 0.742. The Morgan fingerprint density at radius 1 is 0.921 bits per heavy atom. The molecule has 0 radical (unpaired) electrons. The van der Waals surface area contributed by atoms with E-state index in [0.717, 1.165) is 59.0 Å². The zero-order valence-corrected chi connectivity index (χ0v) is 22.7. The number of nitrogens with one attached hydrogen (secondary N) is 4. The first-order chi connectivity index (χ1) is 18.6. The fraction of sp³-hybridized carbons (Fsp3) is 0.250. The van der Waals surface area contributed by atoms with Gasteiger partial charge in [0.25, 0.3) is 0 Å². The molecule has 4 N–H and O–H groups in total. The van der Waals surface area contributed by atoms with Gasteiger partial charge in [-0.3, -0.25) is 9.98 Å². The van der Waals surface area contributed by atoms with Crippen LogP contribution in [0.2, 0.25) is 0 Å². The molecule has 0 fully saturated rings. The summed E-state index contributed by atoms with van der Waals surface area (Å²) in [4.78, 5) is 16.0. The number of aliphatic imine (C=N–C) groups is 2. The van der Waals surface area contributed by atoms with Gasteiger partial charge in [-0.15, -0.1) is 0 Å². The molecule has 2 aromatic heterocycles. The summed E-state index contributed by atoms with van der Waals surface area (Å²) in [6, 6.07) is 23.9. The van der Waals surface area contributed by atoms with Crippen LogP contribution >= 0.6 is 0 Å². The third-order valence-electron chi connectivity index (χ3n) is 6.72. The second-order valence-corrected chi connectivity index (χ2v) is 9.57. The number of hydrogen-bond donors (Lipinski definition) is 4. The molecule has 194 valence electrons. The van der Waals surface area contributed by atoms with Gasteiger partial charge in [0.1, 0.15) is 11.7 Å². The van der Waals surface area contributed by atoms with E-state index in [1.165, 1.54) is 33.9 Å². The van der Waals surface area contributed by atoms with Crippen LogP contribution in [0.5, 0.6) is 0 Å². The topological polar surface area (TPSA) is 80.4 Å². The first-order valence-electron chi connectivity index (χ1n) is 13.4. The Labute approximate surface area is 224 Å². The van der Waals surface area contributed by atoms with Crippen LogP contribution in [0.4, 0.5) is 0 Å². The van der Waals surface area contributed by atoms with E-state index >= 15 is 0 Å². The molecule has 6 nitrogen and oxygen atoms in total. The highest BCUT2D eigenvalue weighted by Gasteiger charge is 2.12. The number of H-pyrrole nitrogens is 2. The maximum Gasteiger partial charge on any atom is 0.128 e. The molecular weight excluding hydrogens is 468 g/mol. The zero-order valence-electron chi connectivity index (χ0n) is 22.7. The molecule has 0 atom stereocenters. The summed E-state index contributed by atoms with van der Waals surface area (Å²) >= 11 is 0. The Morgan fingerprint density at radius 2 is 1.68 bits per heavy atom. The molecule has 3 heterocycles. The van der Waals surface area contributed by atoms with Crippen LogP contribution in [0.15, 0.2) is 82.9 Å². The molecule has 6 rings (SSSR count). The summed E-state index contributed by atoms with van der Waals surface area (Å²) in [5, 5.41) is 8.96. The minimum absolute atomic E-state index is 0.876. The molecule has 0 aliphatic carbocycles. The van der Waals surface area contributed by atoms with Gasteiger partial charge in [-0.25, -0.2) is 0 Å². The van der Waals surface area contributed by atoms with Crippen molar-refractivity contribution in [2.45, 2.75) is 26.7 Å². The van der Waals surface area contributed by atoms with Crippen molar-refractivity contribution in [2.24, 2.45) is 9.98 Å². The number of aromatic amines is 2. The molecule has 3 aromatic carbocycles. The van der Waals surface area contributed by atoms with E-state index in [-0.39, 0.29) is 0 Å². The van der Waals surface area contributed by atoms with Crippen LogP contribution in [-0.4, -0.2) is 48.8 Å². The first-order valence-corrected chi connectivity index (χ1v) is 13.4. The van der Waals surface area contributed by atoms with Crippen molar-refractivity contribution in [3.05, 3.63) is 84.1 Å². The van der Waals surface area contributed by atoms with E-state index in [2.05, 4.69) is 117 Å². The van der Waals surface area contributed by atoms with Crippen LogP contribution in [0, 0.1) is 0 Å². The number of benzene rings is 3. The Bertz CT molecular complexity index is 1600. The van der Waals surface area contributed by atoms with Crippen LogP contribution in [-0.2, 0) is 0 Å². The molecule has 0 unspecified atom stereocenters. The monoisotopic (exact) mass is 504 g/mol. The van der Waals surface area contributed by atoms with Crippen molar-refractivity contribution in [3.63, 3.8) is 0 Å². The minimum atomic E-state index is 0.876. The normalized spacial score (nSPS) is 13.6. The molecule has 0 saturated heterocycles. The highest BCUT2D eigenvalue weighted by atomic mass is 15.0. The van der Waals surface area contributed by atoms with E-state index < -0.39 is 0 Å². The van der Waals surface area contributed by atoms with Gasteiger partial charge in [-0.2, -0.15) is 0 Å². The average molecular weight is 505 g/mol. The summed E-state index contributed by atoms with van der Waals surface area (Å²) in [5.41, 5.74) is 9.09. The van der Waals surface area contributed by atoms with Gasteiger partial charge in [-0.1, -0.05) is 68.8 Å². The maximum absolute atomic E-state index is 4.63. The predicted molar refractivity (Wildman–Crippen MR) is 163 cm³/mol. The minimum Gasteiger partial charge on any atom is -0.373 e. The first kappa shape index (κ1) is 25.3. The van der Waals surface area contributed by atoms with E-state index in [9.17, 15) is 0 Å². The fourth-order valence-corrected chi connectivity index (χ4v) is 4.88. The number of hydrogen-bond acceptors (Lipinski definition) is 3. The van der Waals surface area contributed by atoms with Crippen LogP contribution in [0.1, 0.15) is 37.8 Å². The van der Waals surface area contributed by atoms with Gasteiger partial charge >= 0.3 is 0 Å².